The van der Waals surface area contributed by atoms with Gasteiger partial charge in [0.2, 0.25) is 0 Å². The molecule has 0 spiro atoms. The van der Waals surface area contributed by atoms with Gasteiger partial charge in [0.25, 0.3) is 0 Å². The summed E-state index contributed by atoms with van der Waals surface area (Å²) in [5.74, 6) is -5.00. The van der Waals surface area contributed by atoms with Gasteiger partial charge in [-0.05, 0) is 0 Å². The van der Waals surface area contributed by atoms with Crippen molar-refractivity contribution in [3.05, 3.63) is 0 Å². The first-order valence-electron chi connectivity index (χ1n) is 4.23. The topological polar surface area (TPSA) is 169 Å². The van der Waals surface area contributed by atoms with Crippen LogP contribution in [0.4, 0.5) is 0 Å². The molecule has 0 fully saturated rings. The van der Waals surface area contributed by atoms with E-state index in [-0.39, 0.29) is 42.4 Å². The molecular weight excluding hydrogens is 263 g/mol. The zero-order valence-electron chi connectivity index (χ0n) is 8.57. The number of hydrogen-bond donors (Lipinski definition) is 5. The van der Waals surface area contributed by atoms with Crippen molar-refractivity contribution in [1.82, 2.24) is 0 Å². The van der Waals surface area contributed by atoms with E-state index < -0.39 is 36.4 Å². The Morgan fingerprint density at radius 1 is 0.778 bits per heavy atom. The Hall–Kier alpha value is -1.16. The van der Waals surface area contributed by atoms with Crippen LogP contribution >= 0.6 is 0 Å². The van der Waals surface area contributed by atoms with Crippen LogP contribution in [-0.2, 0) is 19.2 Å². The second-order valence-corrected chi connectivity index (χ2v) is 2.74. The fourth-order valence-electron chi connectivity index (χ4n) is 0.467. The third-order valence-electron chi connectivity index (χ3n) is 1.21. The summed E-state index contributed by atoms with van der Waals surface area (Å²) in [6, 6.07) is 0. The summed E-state index contributed by atoms with van der Waals surface area (Å²) >= 11 is 0. The van der Waals surface area contributed by atoms with Crippen LogP contribution in [-0.4, -0.2) is 85.1 Å². The Labute approximate surface area is 123 Å². The van der Waals surface area contributed by atoms with Crippen LogP contribution < -0.4 is 0 Å². The molecule has 0 aliphatic carbocycles. The van der Waals surface area contributed by atoms with Gasteiger partial charge >= 0.3 is 53.4 Å². The van der Waals surface area contributed by atoms with E-state index in [1.54, 1.807) is 0 Å². The Kier molecular flexibility index (Phi) is 15.1. The van der Waals surface area contributed by atoms with Crippen LogP contribution in [0.2, 0.25) is 0 Å². The predicted octanol–water partition coefficient (Wildman–Crippen LogP) is -1.81. The second-order valence-electron chi connectivity index (χ2n) is 2.74. The number of carboxylic acids is 4. The molecule has 0 heterocycles. The van der Waals surface area contributed by atoms with Gasteiger partial charge in [-0.25, -0.2) is 4.79 Å². The van der Waals surface area contributed by atoms with Gasteiger partial charge in [0.1, 0.15) is 0 Å². The first-order valence-corrected chi connectivity index (χ1v) is 4.23. The fourth-order valence-corrected chi connectivity index (χ4v) is 0.467. The van der Waals surface area contributed by atoms with E-state index in [2.05, 4.69) is 0 Å². The van der Waals surface area contributed by atoms with Gasteiger partial charge in [0, 0.05) is 0 Å². The molecule has 0 saturated carbocycles. The zero-order chi connectivity index (χ0) is 14.0. The molecule has 1 atom stereocenters. The number of aliphatic carboxylic acids is 4. The molecule has 0 aromatic rings. The van der Waals surface area contributed by atoms with Gasteiger partial charge in [-0.2, -0.15) is 0 Å². The van der Waals surface area contributed by atoms with Crippen molar-refractivity contribution in [2.45, 2.75) is 25.4 Å². The van der Waals surface area contributed by atoms with Crippen molar-refractivity contribution in [3.63, 3.8) is 0 Å². The molecule has 100 valence electrons. The molecular formula is C8H13NaO9. The minimum atomic E-state index is -1.79. The Morgan fingerprint density at radius 3 is 1.22 bits per heavy atom. The van der Waals surface area contributed by atoms with E-state index in [9.17, 15) is 19.2 Å². The SMILES string of the molecule is O=C(O)CC(O)C(=O)O.O=C(O)CCC(=O)O.[NaH]. The predicted molar refractivity (Wildman–Crippen MR) is 57.6 cm³/mol. The van der Waals surface area contributed by atoms with Crippen molar-refractivity contribution in [2.75, 3.05) is 0 Å². The van der Waals surface area contributed by atoms with Crippen molar-refractivity contribution >= 4 is 53.4 Å². The molecule has 10 heteroatoms. The van der Waals surface area contributed by atoms with Gasteiger partial charge in [0.15, 0.2) is 6.10 Å². The first kappa shape index (κ1) is 22.1. The summed E-state index contributed by atoms with van der Waals surface area (Å²) in [4.78, 5) is 38.7. The van der Waals surface area contributed by atoms with Crippen molar-refractivity contribution in [1.29, 1.82) is 0 Å². The average molecular weight is 276 g/mol. The number of hydrogen-bond acceptors (Lipinski definition) is 5. The first-order chi connectivity index (χ1) is 7.66. The number of aliphatic hydroxyl groups is 1. The van der Waals surface area contributed by atoms with Crippen LogP contribution in [0.25, 0.3) is 0 Å². The fraction of sp³-hybridized carbons (Fsp3) is 0.500. The summed E-state index contributed by atoms with van der Waals surface area (Å²) in [6.45, 7) is 0. The van der Waals surface area contributed by atoms with Crippen molar-refractivity contribution < 1.29 is 44.7 Å². The number of carbonyl (C=O) groups is 4. The van der Waals surface area contributed by atoms with Crippen LogP contribution in [0.3, 0.4) is 0 Å². The van der Waals surface area contributed by atoms with E-state index in [1.807, 2.05) is 0 Å². The van der Waals surface area contributed by atoms with Crippen LogP contribution in [0.5, 0.6) is 0 Å². The normalized spacial score (nSPS) is 10.1. The third kappa shape index (κ3) is 20.3. The van der Waals surface area contributed by atoms with Crippen molar-refractivity contribution in [2.24, 2.45) is 0 Å². The Morgan fingerprint density at radius 2 is 1.11 bits per heavy atom. The van der Waals surface area contributed by atoms with Gasteiger partial charge in [-0.1, -0.05) is 0 Å². The van der Waals surface area contributed by atoms with E-state index >= 15 is 0 Å². The maximum atomic E-state index is 9.72. The minimum absolute atomic E-state index is 0. The summed E-state index contributed by atoms with van der Waals surface area (Å²) in [5, 5.41) is 39.9. The van der Waals surface area contributed by atoms with Crippen LogP contribution in [0.1, 0.15) is 19.3 Å². The number of aliphatic hydroxyl groups excluding tert-OH is 1. The summed E-state index contributed by atoms with van der Waals surface area (Å²) in [7, 11) is 0. The van der Waals surface area contributed by atoms with Gasteiger partial charge < -0.3 is 25.5 Å². The molecule has 0 aliphatic rings. The summed E-state index contributed by atoms with van der Waals surface area (Å²) in [5.41, 5.74) is 0. The molecule has 1 unspecified atom stereocenters. The zero-order valence-corrected chi connectivity index (χ0v) is 8.57. The van der Waals surface area contributed by atoms with Gasteiger partial charge in [0.05, 0.1) is 19.3 Å². The molecule has 9 nitrogen and oxygen atoms in total. The standard InChI is InChI=1S/C4H6O5.C4H6O4.Na.H/c5-2(4(8)9)1-3(6)7;5-3(6)1-2-4(7)8;;/h2,5H,1H2,(H,6,7)(H,8,9);1-2H2,(H,5,6)(H,7,8);;. The van der Waals surface area contributed by atoms with Gasteiger partial charge in [-0.15, -0.1) is 0 Å². The van der Waals surface area contributed by atoms with Crippen molar-refractivity contribution in [3.8, 4) is 0 Å². The monoisotopic (exact) mass is 276 g/mol. The third-order valence-corrected chi connectivity index (χ3v) is 1.21. The number of rotatable bonds is 6. The second kappa shape index (κ2) is 12.3. The molecule has 0 amide bonds. The summed E-state index contributed by atoms with van der Waals surface area (Å²) < 4.78 is 0. The molecule has 5 N–H and O–H groups in total. The van der Waals surface area contributed by atoms with E-state index in [4.69, 9.17) is 25.5 Å². The average Bonchev–Trinajstić information content (AvgIpc) is 2.14. The van der Waals surface area contributed by atoms with Crippen LogP contribution in [0.15, 0.2) is 0 Å². The molecule has 0 rings (SSSR count). The molecule has 0 aromatic heterocycles. The summed E-state index contributed by atoms with van der Waals surface area (Å²) in [6.07, 6.45) is -3.14. The Balaban J connectivity index is -0.000000238. The molecule has 0 saturated heterocycles. The van der Waals surface area contributed by atoms with E-state index in [1.165, 1.54) is 0 Å². The molecule has 0 aliphatic heterocycles. The van der Waals surface area contributed by atoms with E-state index in [0.29, 0.717) is 0 Å². The molecule has 0 aromatic carbocycles. The Bertz CT molecular complexity index is 287. The molecule has 0 bridgehead atoms. The van der Waals surface area contributed by atoms with Crippen LogP contribution in [0, 0.1) is 0 Å². The number of carboxylic acid groups (broad SMARTS) is 4. The molecule has 18 heavy (non-hydrogen) atoms. The van der Waals surface area contributed by atoms with E-state index in [0.717, 1.165) is 0 Å². The van der Waals surface area contributed by atoms with Gasteiger partial charge in [-0.3, -0.25) is 14.4 Å². The maximum absolute atomic E-state index is 9.72. The molecule has 0 radical (unpaired) electrons. The quantitative estimate of drug-likeness (QED) is 0.351.